The lowest BCUT2D eigenvalue weighted by Crippen LogP contribution is -2.44. The second-order valence-electron chi connectivity index (χ2n) is 8.56. The van der Waals surface area contributed by atoms with Crippen molar-refractivity contribution in [1.82, 2.24) is 5.48 Å². The fourth-order valence-corrected chi connectivity index (χ4v) is 3.78. The smallest absolute Gasteiger partial charge is 0.350 e. The van der Waals surface area contributed by atoms with Crippen molar-refractivity contribution in [1.29, 1.82) is 0 Å². The van der Waals surface area contributed by atoms with Crippen molar-refractivity contribution >= 4 is 23.4 Å². The highest BCUT2D eigenvalue weighted by atomic mass is 16.8. The first-order valence-electron chi connectivity index (χ1n) is 11.3. The summed E-state index contributed by atoms with van der Waals surface area (Å²) in [6.07, 6.45) is 1.15. The van der Waals surface area contributed by atoms with Gasteiger partial charge in [-0.1, -0.05) is 32.6 Å². The minimum absolute atomic E-state index is 0.125. The predicted octanol–water partition coefficient (Wildman–Crippen LogP) is 3.41. The third-order valence-corrected chi connectivity index (χ3v) is 5.37. The lowest BCUT2D eigenvalue weighted by Gasteiger charge is -2.23. The second kappa shape index (κ2) is 11.6. The van der Waals surface area contributed by atoms with E-state index >= 15 is 0 Å². The molecule has 0 spiro atoms. The lowest BCUT2D eigenvalue weighted by atomic mass is 10.1. The number of hydrogen-bond donors (Lipinski definition) is 2. The van der Waals surface area contributed by atoms with Crippen LogP contribution >= 0.6 is 0 Å². The Labute approximate surface area is 197 Å². The highest BCUT2D eigenvalue weighted by Crippen LogP contribution is 2.39. The molecule has 4 atom stereocenters. The molecule has 12 nitrogen and oxygen atoms in total. The van der Waals surface area contributed by atoms with Gasteiger partial charge in [0.1, 0.15) is 12.2 Å². The number of carbonyl (C=O) groups excluding carboxylic acids is 2. The Morgan fingerprint density at radius 2 is 1.76 bits per heavy atom. The zero-order valence-electron chi connectivity index (χ0n) is 19.5. The minimum Gasteiger partial charge on any atom is -0.350 e. The quantitative estimate of drug-likeness (QED) is 0.291. The van der Waals surface area contributed by atoms with Crippen molar-refractivity contribution in [3.8, 4) is 0 Å². The Morgan fingerprint density at radius 3 is 2.44 bits per heavy atom. The first kappa shape index (κ1) is 25.8. The SMILES string of the molecule is CCCCCCCO[C@H]1O[C@H](C(=O)NOC(=O)Nc2ccc([N+](=O)[O-])cc2)[C@@H]2OC(C)(C)O[C@H]12. The minimum atomic E-state index is -1.11. The molecule has 2 fully saturated rings. The van der Waals surface area contributed by atoms with Gasteiger partial charge < -0.3 is 23.8 Å². The first-order valence-corrected chi connectivity index (χ1v) is 11.3. The van der Waals surface area contributed by atoms with E-state index in [0.29, 0.717) is 6.61 Å². The number of benzene rings is 1. The number of nitrogens with one attached hydrogen (secondary N) is 2. The highest BCUT2D eigenvalue weighted by Gasteiger charge is 2.58. The molecule has 188 valence electrons. The molecule has 0 unspecified atom stereocenters. The molecule has 0 saturated carbocycles. The topological polar surface area (TPSA) is 147 Å². The van der Waals surface area contributed by atoms with Crippen molar-refractivity contribution < 1.29 is 38.3 Å². The van der Waals surface area contributed by atoms with Crippen LogP contribution in [0.4, 0.5) is 16.2 Å². The third-order valence-electron chi connectivity index (χ3n) is 5.37. The van der Waals surface area contributed by atoms with Crippen molar-refractivity contribution in [3.05, 3.63) is 34.4 Å². The van der Waals surface area contributed by atoms with Gasteiger partial charge in [0.05, 0.1) is 4.92 Å². The van der Waals surface area contributed by atoms with Gasteiger partial charge >= 0.3 is 6.09 Å². The van der Waals surface area contributed by atoms with Gasteiger partial charge in [-0.05, 0) is 32.4 Å². The summed E-state index contributed by atoms with van der Waals surface area (Å²) >= 11 is 0. The normalized spacial score (nSPS) is 24.9. The van der Waals surface area contributed by atoms with Crippen LogP contribution in [0.3, 0.4) is 0 Å². The highest BCUT2D eigenvalue weighted by molar-refractivity contribution is 5.87. The Kier molecular flexibility index (Phi) is 8.78. The summed E-state index contributed by atoms with van der Waals surface area (Å²) in [4.78, 5) is 39.6. The van der Waals surface area contributed by atoms with Crippen LogP contribution in [0.25, 0.3) is 0 Å². The van der Waals surface area contributed by atoms with Gasteiger partial charge in [-0.25, -0.2) is 4.79 Å². The summed E-state index contributed by atoms with van der Waals surface area (Å²) < 4.78 is 23.3. The van der Waals surface area contributed by atoms with Crippen molar-refractivity contribution in [2.45, 2.75) is 83.3 Å². The predicted molar refractivity (Wildman–Crippen MR) is 119 cm³/mol. The molecule has 0 bridgehead atoms. The Morgan fingerprint density at radius 1 is 1.09 bits per heavy atom. The number of ether oxygens (including phenoxy) is 4. The molecule has 2 N–H and O–H groups in total. The van der Waals surface area contributed by atoms with Crippen molar-refractivity contribution in [2.24, 2.45) is 0 Å². The lowest BCUT2D eigenvalue weighted by molar-refractivity contribution is -0.384. The fraction of sp³-hybridized carbons (Fsp3) is 0.636. The van der Waals surface area contributed by atoms with E-state index < -0.39 is 47.3 Å². The molecule has 2 aliphatic heterocycles. The molecule has 1 aromatic carbocycles. The molecule has 34 heavy (non-hydrogen) atoms. The fourth-order valence-electron chi connectivity index (χ4n) is 3.78. The zero-order chi connectivity index (χ0) is 24.7. The van der Waals surface area contributed by atoms with Crippen LogP contribution in [0.2, 0.25) is 0 Å². The number of non-ortho nitro benzene ring substituents is 1. The summed E-state index contributed by atoms with van der Waals surface area (Å²) in [7, 11) is 0. The van der Waals surface area contributed by atoms with E-state index in [1.54, 1.807) is 13.8 Å². The second-order valence-corrected chi connectivity index (χ2v) is 8.56. The number of nitrogens with zero attached hydrogens (tertiary/aromatic N) is 1. The summed E-state index contributed by atoms with van der Waals surface area (Å²) in [6, 6.07) is 5.12. The molecule has 3 rings (SSSR count). The van der Waals surface area contributed by atoms with Gasteiger partial charge in [0.25, 0.3) is 11.6 Å². The Bertz CT molecular complexity index is 862. The molecule has 2 saturated heterocycles. The van der Waals surface area contributed by atoms with E-state index in [1.165, 1.54) is 30.7 Å². The van der Waals surface area contributed by atoms with Gasteiger partial charge in [0.2, 0.25) is 0 Å². The van der Waals surface area contributed by atoms with E-state index in [1.807, 2.05) is 5.48 Å². The molecule has 1 aromatic rings. The van der Waals surface area contributed by atoms with E-state index in [9.17, 15) is 19.7 Å². The number of unbranched alkanes of at least 4 members (excludes halogenated alkanes) is 4. The Balaban J connectivity index is 1.49. The van der Waals surface area contributed by atoms with Gasteiger partial charge in [0.15, 0.2) is 18.2 Å². The molecule has 0 aromatic heterocycles. The molecular formula is C22H31N3O9. The van der Waals surface area contributed by atoms with E-state index in [-0.39, 0.29) is 11.4 Å². The molecule has 2 heterocycles. The number of rotatable bonds is 10. The summed E-state index contributed by atoms with van der Waals surface area (Å²) in [6.45, 7) is 6.08. The van der Waals surface area contributed by atoms with Crippen LogP contribution in [-0.2, 0) is 28.6 Å². The average Bonchev–Trinajstić information content (AvgIpc) is 3.28. The maximum Gasteiger partial charge on any atom is 0.436 e. The van der Waals surface area contributed by atoms with Crippen LogP contribution in [0.5, 0.6) is 0 Å². The summed E-state index contributed by atoms with van der Waals surface area (Å²) in [5.41, 5.74) is 2.18. The average molecular weight is 482 g/mol. The largest absolute Gasteiger partial charge is 0.436 e. The number of carbonyl (C=O) groups is 2. The standard InChI is InChI=1S/C22H31N3O9/c1-4-5-6-7-8-13-30-20-18-16(32-22(2,3)33-18)17(31-20)19(26)24-34-21(27)23-14-9-11-15(12-10-14)25(28)29/h9-12,16-18,20H,4-8,13H2,1-3H3,(H,23,27)(H,24,26)/t16-,17-,18-,20-/m0/s1. The molecule has 2 amide bonds. The monoisotopic (exact) mass is 481 g/mol. The van der Waals surface area contributed by atoms with Crippen LogP contribution in [0.15, 0.2) is 24.3 Å². The zero-order valence-corrected chi connectivity index (χ0v) is 19.5. The number of hydroxylamine groups is 1. The van der Waals surface area contributed by atoms with Crippen LogP contribution in [0.1, 0.15) is 52.9 Å². The molecule has 0 radical (unpaired) electrons. The molecular weight excluding hydrogens is 450 g/mol. The molecule has 0 aliphatic carbocycles. The van der Waals surface area contributed by atoms with Crippen LogP contribution in [-0.4, -0.2) is 53.9 Å². The summed E-state index contributed by atoms with van der Waals surface area (Å²) in [5.74, 6) is -1.65. The number of hydrogen-bond acceptors (Lipinski definition) is 9. The third kappa shape index (κ3) is 6.86. The van der Waals surface area contributed by atoms with Crippen LogP contribution < -0.4 is 10.8 Å². The Hall–Kier alpha value is -2.80. The number of amides is 2. The molecule has 2 aliphatic rings. The van der Waals surface area contributed by atoms with E-state index in [2.05, 4.69) is 12.2 Å². The number of nitro benzene ring substituents is 1. The molecule has 12 heteroatoms. The van der Waals surface area contributed by atoms with Gasteiger partial charge in [-0.2, -0.15) is 5.48 Å². The van der Waals surface area contributed by atoms with Crippen LogP contribution in [0, 0.1) is 10.1 Å². The van der Waals surface area contributed by atoms with Crippen molar-refractivity contribution in [3.63, 3.8) is 0 Å². The van der Waals surface area contributed by atoms with Gasteiger partial charge in [-0.15, -0.1) is 0 Å². The van der Waals surface area contributed by atoms with Gasteiger partial charge in [0, 0.05) is 24.4 Å². The first-order chi connectivity index (χ1) is 16.2. The maximum atomic E-state index is 12.7. The van der Waals surface area contributed by atoms with E-state index in [0.717, 1.165) is 25.7 Å². The number of anilines is 1. The van der Waals surface area contributed by atoms with E-state index in [4.69, 9.17) is 23.8 Å². The maximum absolute atomic E-state index is 12.7. The van der Waals surface area contributed by atoms with Crippen molar-refractivity contribution in [2.75, 3.05) is 11.9 Å². The number of fused-ring (bicyclic) bond motifs is 1. The van der Waals surface area contributed by atoms with Gasteiger partial charge in [-0.3, -0.25) is 20.2 Å². The summed E-state index contributed by atoms with van der Waals surface area (Å²) in [5, 5.41) is 13.0. The number of nitro groups is 1.